The monoisotopic (exact) mass is 864 g/mol. The fourth-order valence-electron chi connectivity index (χ4n) is 9.49. The van der Waals surface area contributed by atoms with Gasteiger partial charge >= 0.3 is 0 Å². The van der Waals surface area contributed by atoms with Crippen molar-refractivity contribution in [3.63, 3.8) is 0 Å². The highest BCUT2D eigenvalue weighted by atomic mass is 79.9. The number of para-hydroxylation sites is 2. The van der Waals surface area contributed by atoms with Crippen LogP contribution in [0.15, 0.2) is 179 Å². The molecule has 6 heteroatoms. The largest absolute Gasteiger partial charge is 0.497 e. The van der Waals surface area contributed by atoms with Crippen molar-refractivity contribution in [1.82, 2.24) is 9.13 Å². The summed E-state index contributed by atoms with van der Waals surface area (Å²) in [6.45, 7) is 0. The molecule has 1 aliphatic rings. The maximum atomic E-state index is 5.52. The molecular formula is C51H34Br2N2O2. The summed E-state index contributed by atoms with van der Waals surface area (Å²) in [6, 6.07) is 61.9. The molecule has 0 aliphatic heterocycles. The Labute approximate surface area is 346 Å². The molecule has 4 nitrogen and oxygen atoms in total. The van der Waals surface area contributed by atoms with Crippen LogP contribution in [0, 0.1) is 0 Å². The van der Waals surface area contributed by atoms with Crippen LogP contribution in [0.5, 0.6) is 11.5 Å². The van der Waals surface area contributed by atoms with Gasteiger partial charge in [-0.1, -0.05) is 92.5 Å². The first-order chi connectivity index (χ1) is 28.0. The first kappa shape index (κ1) is 34.2. The van der Waals surface area contributed by atoms with Gasteiger partial charge in [-0.2, -0.15) is 0 Å². The fourth-order valence-corrected chi connectivity index (χ4v) is 10.2. The molecule has 0 radical (unpaired) electrons. The first-order valence-corrected chi connectivity index (χ1v) is 20.5. The van der Waals surface area contributed by atoms with E-state index in [9.17, 15) is 0 Å². The van der Waals surface area contributed by atoms with E-state index in [1.54, 1.807) is 14.2 Å². The summed E-state index contributed by atoms with van der Waals surface area (Å²) in [7, 11) is 3.42. The Hall–Kier alpha value is -6.08. The maximum absolute atomic E-state index is 5.52. The minimum Gasteiger partial charge on any atom is -0.497 e. The predicted molar refractivity (Wildman–Crippen MR) is 241 cm³/mol. The molecule has 0 saturated heterocycles. The molecule has 0 saturated carbocycles. The van der Waals surface area contributed by atoms with Crippen molar-refractivity contribution in [1.29, 1.82) is 0 Å². The highest BCUT2D eigenvalue weighted by Crippen LogP contribution is 2.58. The van der Waals surface area contributed by atoms with E-state index in [1.165, 1.54) is 54.9 Å². The predicted octanol–water partition coefficient (Wildman–Crippen LogP) is 13.8. The van der Waals surface area contributed by atoms with Crippen LogP contribution in [0.4, 0.5) is 0 Å². The van der Waals surface area contributed by atoms with E-state index in [2.05, 4.69) is 187 Å². The minimum absolute atomic E-state index is 0.646. The summed E-state index contributed by atoms with van der Waals surface area (Å²) in [5.41, 5.74) is 13.6. The quantitative estimate of drug-likeness (QED) is 0.167. The van der Waals surface area contributed by atoms with Gasteiger partial charge in [0.25, 0.3) is 0 Å². The van der Waals surface area contributed by atoms with Crippen LogP contribution in [0.1, 0.15) is 22.3 Å². The Morgan fingerprint density at radius 1 is 0.404 bits per heavy atom. The Bertz CT molecular complexity index is 3010. The first-order valence-electron chi connectivity index (χ1n) is 18.9. The summed E-state index contributed by atoms with van der Waals surface area (Å²) >= 11 is 7.82. The van der Waals surface area contributed by atoms with Crippen molar-refractivity contribution in [2.75, 3.05) is 14.2 Å². The Morgan fingerprint density at radius 3 is 1.23 bits per heavy atom. The molecule has 0 N–H and O–H groups in total. The summed E-state index contributed by atoms with van der Waals surface area (Å²) in [6.07, 6.45) is 0. The molecule has 0 bridgehead atoms. The second-order valence-corrected chi connectivity index (χ2v) is 16.5. The maximum Gasteiger partial charge on any atom is 0.119 e. The van der Waals surface area contributed by atoms with Crippen molar-refractivity contribution < 1.29 is 9.47 Å². The Kier molecular flexibility index (Phi) is 7.79. The topological polar surface area (TPSA) is 28.3 Å². The molecule has 8 aromatic carbocycles. The number of rotatable bonds is 6. The van der Waals surface area contributed by atoms with E-state index >= 15 is 0 Å². The summed E-state index contributed by atoms with van der Waals surface area (Å²) < 4.78 is 17.9. The van der Waals surface area contributed by atoms with Crippen LogP contribution in [-0.2, 0) is 5.41 Å². The molecule has 2 heterocycles. The number of halogens is 2. The molecule has 0 amide bonds. The number of fused-ring (bicyclic) bond motifs is 9. The van der Waals surface area contributed by atoms with E-state index in [4.69, 9.17) is 9.47 Å². The average Bonchev–Trinajstić information content (AvgIpc) is 3.87. The number of nitrogens with zero attached hydrogens (tertiary/aromatic N) is 2. The van der Waals surface area contributed by atoms with Crippen LogP contribution in [-0.4, -0.2) is 23.4 Å². The second kappa shape index (κ2) is 13.0. The van der Waals surface area contributed by atoms with Crippen molar-refractivity contribution in [2.24, 2.45) is 0 Å². The SMILES string of the molecule is COc1ccc(-n2c3ccccc3c3cc(C4(c5ccc6c(c5)c5ccccc5n6-c5ccc(OC)cc5)c5cc(Br)ccc5-c5ccc(Br)cc54)ccc32)cc1. The normalized spacial score (nSPS) is 13.1. The molecule has 274 valence electrons. The number of hydrogen-bond donors (Lipinski definition) is 0. The second-order valence-electron chi connectivity index (χ2n) is 14.7. The highest BCUT2D eigenvalue weighted by molar-refractivity contribution is 9.10. The van der Waals surface area contributed by atoms with Gasteiger partial charge in [-0.3, -0.25) is 0 Å². The van der Waals surface area contributed by atoms with Crippen LogP contribution in [0.2, 0.25) is 0 Å². The van der Waals surface area contributed by atoms with Crippen molar-refractivity contribution in [3.05, 3.63) is 201 Å². The number of methoxy groups -OCH3 is 2. The third kappa shape index (κ3) is 4.97. The zero-order valence-corrected chi connectivity index (χ0v) is 34.3. The van der Waals surface area contributed by atoms with Gasteiger partial charge in [0.2, 0.25) is 0 Å². The Balaban J connectivity index is 1.24. The van der Waals surface area contributed by atoms with Gasteiger partial charge < -0.3 is 18.6 Å². The zero-order valence-electron chi connectivity index (χ0n) is 31.1. The lowest BCUT2D eigenvalue weighted by molar-refractivity contribution is 0.414. The molecular weight excluding hydrogens is 832 g/mol. The molecule has 2 aromatic heterocycles. The minimum atomic E-state index is -0.646. The van der Waals surface area contributed by atoms with Gasteiger partial charge in [0, 0.05) is 41.9 Å². The number of ether oxygens (including phenoxy) is 2. The van der Waals surface area contributed by atoms with E-state index in [-0.39, 0.29) is 0 Å². The lowest BCUT2D eigenvalue weighted by atomic mass is 9.67. The molecule has 11 rings (SSSR count). The number of benzene rings is 8. The lowest BCUT2D eigenvalue weighted by Gasteiger charge is -2.34. The summed E-state index contributed by atoms with van der Waals surface area (Å²) in [4.78, 5) is 0. The average molecular weight is 867 g/mol. The van der Waals surface area contributed by atoms with Crippen molar-refractivity contribution >= 4 is 75.5 Å². The van der Waals surface area contributed by atoms with Crippen LogP contribution in [0.25, 0.3) is 66.1 Å². The van der Waals surface area contributed by atoms with E-state index in [0.717, 1.165) is 53.9 Å². The Morgan fingerprint density at radius 2 is 0.807 bits per heavy atom. The standard InChI is InChI=1S/C51H34Br2N2O2/c1-56-37-19-15-35(16-20-37)54-47-9-5-3-7-41(47)43-27-31(11-25-49(43)54)51(45-29-33(52)13-23-39(45)40-24-14-34(53)30-46(40)51)32-12-26-50-44(28-32)42-8-4-6-10-48(42)55(50)36-17-21-38(57-2)22-18-36/h3-30H,1-2H3. The van der Waals surface area contributed by atoms with Gasteiger partial charge in [-0.25, -0.2) is 0 Å². The van der Waals surface area contributed by atoms with Crippen LogP contribution in [0.3, 0.4) is 0 Å². The van der Waals surface area contributed by atoms with Gasteiger partial charge in [0.1, 0.15) is 11.5 Å². The molecule has 0 atom stereocenters. The molecule has 0 fully saturated rings. The molecule has 10 aromatic rings. The smallest absolute Gasteiger partial charge is 0.119 e. The third-order valence-corrected chi connectivity index (χ3v) is 12.9. The molecule has 1 aliphatic carbocycles. The van der Waals surface area contributed by atoms with E-state index in [0.29, 0.717) is 0 Å². The van der Waals surface area contributed by atoms with E-state index < -0.39 is 5.41 Å². The van der Waals surface area contributed by atoms with Gasteiger partial charge in [-0.05, 0) is 143 Å². The van der Waals surface area contributed by atoms with Crippen molar-refractivity contribution in [3.8, 4) is 34.0 Å². The van der Waals surface area contributed by atoms with Gasteiger partial charge in [0.05, 0.1) is 41.7 Å². The van der Waals surface area contributed by atoms with Crippen LogP contribution < -0.4 is 9.47 Å². The number of hydrogen-bond acceptors (Lipinski definition) is 2. The summed E-state index contributed by atoms with van der Waals surface area (Å²) in [5.74, 6) is 1.67. The molecule has 57 heavy (non-hydrogen) atoms. The lowest BCUT2D eigenvalue weighted by Crippen LogP contribution is -2.28. The van der Waals surface area contributed by atoms with Crippen molar-refractivity contribution in [2.45, 2.75) is 5.41 Å². The third-order valence-electron chi connectivity index (χ3n) is 11.9. The molecule has 0 spiro atoms. The fraction of sp³-hybridized carbons (Fsp3) is 0.0588. The highest BCUT2D eigenvalue weighted by Gasteiger charge is 2.47. The summed E-state index contributed by atoms with van der Waals surface area (Å²) in [5, 5.41) is 4.83. The zero-order chi connectivity index (χ0) is 38.4. The van der Waals surface area contributed by atoms with Gasteiger partial charge in [0.15, 0.2) is 0 Å². The number of aromatic nitrogens is 2. The van der Waals surface area contributed by atoms with E-state index in [1.807, 2.05) is 24.3 Å². The van der Waals surface area contributed by atoms with Gasteiger partial charge in [-0.15, -0.1) is 0 Å². The molecule has 0 unspecified atom stereocenters. The van der Waals surface area contributed by atoms with Crippen LogP contribution >= 0.6 is 31.9 Å².